The maximum Gasteiger partial charge on any atom is 0.165 e. The van der Waals surface area contributed by atoms with Crippen molar-refractivity contribution in [2.75, 3.05) is 6.61 Å². The minimum absolute atomic E-state index is 0.184. The van der Waals surface area contributed by atoms with Gasteiger partial charge >= 0.3 is 0 Å². The Morgan fingerprint density at radius 2 is 1.71 bits per heavy atom. The van der Waals surface area contributed by atoms with Crippen LogP contribution in [0.5, 0.6) is 5.75 Å². The van der Waals surface area contributed by atoms with Crippen molar-refractivity contribution in [1.82, 2.24) is 0 Å². The first-order valence-electron chi connectivity index (χ1n) is 10.2. The molecule has 1 aromatic carbocycles. The third kappa shape index (κ3) is 6.11. The highest BCUT2D eigenvalue weighted by atomic mass is 19.1. The zero-order valence-corrected chi connectivity index (χ0v) is 15.7. The summed E-state index contributed by atoms with van der Waals surface area (Å²) in [6.07, 6.45) is 13.7. The number of ether oxygens (including phenoxy) is 1. The molecule has 1 aromatic rings. The quantitative estimate of drug-likeness (QED) is 0.409. The van der Waals surface area contributed by atoms with Crippen molar-refractivity contribution in [2.24, 2.45) is 5.92 Å². The van der Waals surface area contributed by atoms with Gasteiger partial charge in [0.25, 0.3) is 0 Å². The van der Waals surface area contributed by atoms with Crippen molar-refractivity contribution >= 4 is 0 Å². The molecule has 24 heavy (non-hydrogen) atoms. The fraction of sp³-hybridized carbons (Fsp3) is 0.727. The van der Waals surface area contributed by atoms with Crippen molar-refractivity contribution in [3.05, 3.63) is 29.6 Å². The van der Waals surface area contributed by atoms with Gasteiger partial charge in [-0.3, -0.25) is 0 Å². The summed E-state index contributed by atoms with van der Waals surface area (Å²) in [6.45, 7) is 5.08. The lowest BCUT2D eigenvalue weighted by Crippen LogP contribution is -2.13. The van der Waals surface area contributed by atoms with Crippen LogP contribution in [-0.2, 0) is 0 Å². The Kier molecular flexibility index (Phi) is 8.63. The summed E-state index contributed by atoms with van der Waals surface area (Å²) in [4.78, 5) is 0. The van der Waals surface area contributed by atoms with E-state index in [0.717, 1.165) is 18.8 Å². The predicted octanol–water partition coefficient (Wildman–Crippen LogP) is 7.25. The molecule has 0 N–H and O–H groups in total. The van der Waals surface area contributed by atoms with Gasteiger partial charge in [0, 0.05) is 0 Å². The summed E-state index contributed by atoms with van der Waals surface area (Å²) in [6, 6.07) is 5.65. The molecule has 1 fully saturated rings. The maximum atomic E-state index is 14.3. The Morgan fingerprint density at radius 1 is 0.958 bits per heavy atom. The standard InChI is InChI=1S/C22H35FO/c1-3-5-7-8-16-24-22-15-14-20(17-21(22)23)19-12-10-18(11-13-19)9-6-4-2/h14-15,17-19H,3-13,16H2,1-2H3/t18-,19-. The average Bonchev–Trinajstić information content (AvgIpc) is 2.61. The number of halogens is 1. The average molecular weight is 335 g/mol. The van der Waals surface area contributed by atoms with Crippen LogP contribution in [0.15, 0.2) is 18.2 Å². The molecule has 0 spiro atoms. The summed E-state index contributed by atoms with van der Waals surface area (Å²) < 4.78 is 19.9. The molecule has 0 heterocycles. The summed E-state index contributed by atoms with van der Waals surface area (Å²) in [5, 5.41) is 0. The second-order valence-corrected chi connectivity index (χ2v) is 7.46. The summed E-state index contributed by atoms with van der Waals surface area (Å²) >= 11 is 0. The summed E-state index contributed by atoms with van der Waals surface area (Å²) in [7, 11) is 0. The Morgan fingerprint density at radius 3 is 2.38 bits per heavy atom. The lowest BCUT2D eigenvalue weighted by molar-refractivity contribution is 0.288. The molecule has 0 aliphatic heterocycles. The molecular weight excluding hydrogens is 299 g/mol. The smallest absolute Gasteiger partial charge is 0.165 e. The fourth-order valence-electron chi connectivity index (χ4n) is 3.88. The molecule has 0 atom stereocenters. The van der Waals surface area contributed by atoms with Crippen molar-refractivity contribution in [2.45, 2.75) is 90.4 Å². The Labute approximate surface area is 148 Å². The highest BCUT2D eigenvalue weighted by molar-refractivity contribution is 5.31. The van der Waals surface area contributed by atoms with E-state index in [1.807, 2.05) is 6.07 Å². The minimum Gasteiger partial charge on any atom is -0.491 e. The van der Waals surface area contributed by atoms with Crippen molar-refractivity contribution in [1.29, 1.82) is 0 Å². The second-order valence-electron chi connectivity index (χ2n) is 7.46. The Hall–Kier alpha value is -1.05. The van der Waals surface area contributed by atoms with Crippen LogP contribution in [0, 0.1) is 11.7 Å². The number of rotatable bonds is 10. The van der Waals surface area contributed by atoms with Crippen LogP contribution in [0.2, 0.25) is 0 Å². The molecule has 0 amide bonds. The van der Waals surface area contributed by atoms with Gasteiger partial charge in [-0.25, -0.2) is 4.39 Å². The van der Waals surface area contributed by atoms with Crippen LogP contribution in [0.3, 0.4) is 0 Å². The van der Waals surface area contributed by atoms with E-state index in [1.54, 1.807) is 6.07 Å². The summed E-state index contributed by atoms with van der Waals surface area (Å²) in [5.74, 6) is 1.68. The van der Waals surface area contributed by atoms with Crippen LogP contribution in [0.1, 0.15) is 96.0 Å². The molecule has 1 aliphatic rings. The van der Waals surface area contributed by atoms with Crippen LogP contribution in [-0.4, -0.2) is 6.61 Å². The molecule has 2 rings (SSSR count). The SMILES string of the molecule is CCCCCCOc1ccc([C@H]2CC[C@H](CCCC)CC2)cc1F. The van der Waals surface area contributed by atoms with Gasteiger partial charge < -0.3 is 4.74 Å². The van der Waals surface area contributed by atoms with E-state index >= 15 is 0 Å². The first-order valence-corrected chi connectivity index (χ1v) is 10.2. The molecule has 0 radical (unpaired) electrons. The zero-order valence-electron chi connectivity index (χ0n) is 15.7. The van der Waals surface area contributed by atoms with Crippen molar-refractivity contribution < 1.29 is 9.13 Å². The molecule has 136 valence electrons. The largest absolute Gasteiger partial charge is 0.491 e. The third-order valence-electron chi connectivity index (χ3n) is 5.50. The van der Waals surface area contributed by atoms with Crippen molar-refractivity contribution in [3.8, 4) is 5.75 Å². The van der Waals surface area contributed by atoms with Crippen molar-refractivity contribution in [3.63, 3.8) is 0 Å². The van der Waals surface area contributed by atoms with E-state index in [0.29, 0.717) is 18.3 Å². The molecule has 0 saturated heterocycles. The van der Waals surface area contributed by atoms with Crippen LogP contribution < -0.4 is 4.74 Å². The Balaban J connectivity index is 1.79. The molecule has 0 aromatic heterocycles. The normalized spacial score (nSPS) is 21.0. The van der Waals surface area contributed by atoms with E-state index in [-0.39, 0.29) is 5.82 Å². The minimum atomic E-state index is -0.184. The van der Waals surface area contributed by atoms with Gasteiger partial charge in [0.05, 0.1) is 6.61 Å². The fourth-order valence-corrected chi connectivity index (χ4v) is 3.88. The highest BCUT2D eigenvalue weighted by Gasteiger charge is 2.22. The molecule has 0 bridgehead atoms. The van der Waals surface area contributed by atoms with E-state index in [9.17, 15) is 4.39 Å². The van der Waals surface area contributed by atoms with Crippen LogP contribution in [0.4, 0.5) is 4.39 Å². The summed E-state index contributed by atoms with van der Waals surface area (Å²) in [5.41, 5.74) is 1.17. The molecule has 1 aliphatic carbocycles. The van der Waals surface area contributed by atoms with Crippen LogP contribution >= 0.6 is 0 Å². The number of benzene rings is 1. The van der Waals surface area contributed by atoms with Gasteiger partial charge in [-0.2, -0.15) is 0 Å². The molecule has 2 heteroatoms. The molecule has 1 nitrogen and oxygen atoms in total. The molecule has 1 saturated carbocycles. The molecular formula is C22H35FO. The monoisotopic (exact) mass is 334 g/mol. The number of hydrogen-bond acceptors (Lipinski definition) is 1. The zero-order chi connectivity index (χ0) is 17.2. The first-order chi connectivity index (χ1) is 11.7. The van der Waals surface area contributed by atoms with E-state index in [4.69, 9.17) is 4.74 Å². The molecule has 0 unspecified atom stereocenters. The first kappa shape index (κ1) is 19.3. The number of unbranched alkanes of at least 4 members (excludes halogenated alkanes) is 4. The lowest BCUT2D eigenvalue weighted by Gasteiger charge is -2.29. The topological polar surface area (TPSA) is 9.23 Å². The second kappa shape index (κ2) is 10.7. The van der Waals surface area contributed by atoms with Gasteiger partial charge in [-0.05, 0) is 61.6 Å². The number of hydrogen-bond donors (Lipinski definition) is 0. The van der Waals surface area contributed by atoms with Gasteiger partial charge in [-0.1, -0.05) is 58.4 Å². The Bertz CT molecular complexity index is 463. The predicted molar refractivity (Wildman–Crippen MR) is 100 cm³/mol. The van der Waals surface area contributed by atoms with Crippen LogP contribution in [0.25, 0.3) is 0 Å². The van der Waals surface area contributed by atoms with Gasteiger partial charge in [-0.15, -0.1) is 0 Å². The van der Waals surface area contributed by atoms with Gasteiger partial charge in [0.2, 0.25) is 0 Å². The maximum absolute atomic E-state index is 14.3. The third-order valence-corrected chi connectivity index (χ3v) is 5.50. The lowest BCUT2D eigenvalue weighted by atomic mass is 9.77. The van der Waals surface area contributed by atoms with Gasteiger partial charge in [0.1, 0.15) is 0 Å². The van der Waals surface area contributed by atoms with E-state index in [1.165, 1.54) is 63.4 Å². The van der Waals surface area contributed by atoms with E-state index < -0.39 is 0 Å². The van der Waals surface area contributed by atoms with Gasteiger partial charge in [0.15, 0.2) is 11.6 Å². The van der Waals surface area contributed by atoms with E-state index in [2.05, 4.69) is 19.9 Å². The highest BCUT2D eigenvalue weighted by Crippen LogP contribution is 2.38.